The van der Waals surface area contributed by atoms with Crippen LogP contribution < -0.4 is 10.2 Å². The van der Waals surface area contributed by atoms with Crippen molar-refractivity contribution in [3.05, 3.63) is 77.1 Å². The van der Waals surface area contributed by atoms with Gasteiger partial charge in [-0.25, -0.2) is 18.4 Å². The number of nitrogens with one attached hydrogen (secondary N) is 1. The molecule has 3 aromatic heterocycles. The second kappa shape index (κ2) is 11.0. The molecule has 4 aromatic rings. The van der Waals surface area contributed by atoms with Gasteiger partial charge in [0, 0.05) is 37.9 Å². The number of sulfone groups is 1. The minimum atomic E-state index is -3.46. The van der Waals surface area contributed by atoms with Crippen LogP contribution in [0.15, 0.2) is 59.6 Å². The van der Waals surface area contributed by atoms with Crippen molar-refractivity contribution in [3.63, 3.8) is 0 Å². The lowest BCUT2D eigenvalue weighted by Crippen LogP contribution is -2.64. The highest BCUT2D eigenvalue weighted by Gasteiger charge is 2.37. The molecule has 2 aliphatic rings. The van der Waals surface area contributed by atoms with Gasteiger partial charge in [0.25, 0.3) is 5.91 Å². The average molecular weight is 589 g/mol. The predicted octanol–water partition coefficient (Wildman–Crippen LogP) is 3.41. The van der Waals surface area contributed by atoms with Gasteiger partial charge in [0.15, 0.2) is 9.84 Å². The Morgan fingerprint density at radius 3 is 2.52 bits per heavy atom. The number of morpholine rings is 1. The van der Waals surface area contributed by atoms with E-state index in [9.17, 15) is 13.2 Å². The lowest BCUT2D eigenvalue weighted by molar-refractivity contribution is 0.0224. The molecule has 2 unspecified atom stereocenters. The van der Waals surface area contributed by atoms with Gasteiger partial charge in [-0.3, -0.25) is 9.78 Å². The van der Waals surface area contributed by atoms with E-state index in [1.54, 1.807) is 26.1 Å². The first kappa shape index (κ1) is 28.2. The molecule has 1 aromatic carbocycles. The molecule has 1 N–H and O–H groups in total. The molecule has 2 fully saturated rings. The third kappa shape index (κ3) is 5.59. The van der Waals surface area contributed by atoms with Crippen molar-refractivity contribution in [1.82, 2.24) is 25.2 Å². The van der Waals surface area contributed by atoms with Crippen molar-refractivity contribution >= 4 is 32.5 Å². The molecule has 10 nitrogen and oxygen atoms in total. The fraction of sp³-hybridized carbons (Fsp3) is 0.355. The number of aryl methyl sites for hydroxylation is 1. The number of nitrogens with zero attached hydrogens (tertiary/aromatic N) is 5. The topological polar surface area (TPSA) is 118 Å². The Bertz CT molecular complexity index is 1790. The number of fused-ring (bicyclic) bond motifs is 3. The van der Waals surface area contributed by atoms with E-state index in [-0.39, 0.29) is 30.9 Å². The average Bonchev–Trinajstić information content (AvgIpc) is 2.95. The number of pyridine rings is 3. The van der Waals surface area contributed by atoms with Crippen LogP contribution in [0.25, 0.3) is 22.3 Å². The van der Waals surface area contributed by atoms with Crippen LogP contribution in [-0.4, -0.2) is 85.9 Å². The number of carbonyl (C=O) groups excluding carboxylic acids is 1. The van der Waals surface area contributed by atoms with Crippen LogP contribution in [-0.2, 0) is 21.1 Å². The fourth-order valence-corrected chi connectivity index (χ4v) is 6.93. The number of rotatable bonds is 6. The maximum Gasteiger partial charge on any atom is 0.251 e. The van der Waals surface area contributed by atoms with Crippen molar-refractivity contribution in [2.24, 2.45) is 0 Å². The van der Waals surface area contributed by atoms with Crippen LogP contribution in [0.1, 0.15) is 28.6 Å². The highest BCUT2D eigenvalue weighted by Crippen LogP contribution is 2.29. The summed E-state index contributed by atoms with van der Waals surface area (Å²) in [4.78, 5) is 32.2. The normalized spacial score (nSPS) is 19.2. The minimum Gasteiger partial charge on any atom is -0.377 e. The Balaban J connectivity index is 0.00000368. The van der Waals surface area contributed by atoms with E-state index in [2.05, 4.69) is 33.2 Å². The summed E-state index contributed by atoms with van der Waals surface area (Å²) in [5, 5.41) is 3.74. The van der Waals surface area contributed by atoms with E-state index >= 15 is 0 Å². The van der Waals surface area contributed by atoms with Gasteiger partial charge < -0.3 is 19.9 Å². The van der Waals surface area contributed by atoms with Gasteiger partial charge in [-0.15, -0.1) is 0 Å². The number of piperazine rings is 1. The van der Waals surface area contributed by atoms with Crippen LogP contribution in [0.4, 0.5) is 5.82 Å². The summed E-state index contributed by atoms with van der Waals surface area (Å²) in [7, 11) is -1.31. The number of benzene rings is 1. The van der Waals surface area contributed by atoms with Crippen LogP contribution in [0, 0.1) is 13.8 Å². The Kier molecular flexibility index (Phi) is 7.42. The third-order valence-electron chi connectivity index (χ3n) is 8.06. The number of carbonyl (C=O) groups is 1. The van der Waals surface area contributed by atoms with Crippen LogP contribution in [0.3, 0.4) is 0 Å². The third-order valence-corrected chi connectivity index (χ3v) is 9.28. The maximum absolute atomic E-state index is 12.9. The zero-order valence-corrected chi connectivity index (χ0v) is 25.0. The van der Waals surface area contributed by atoms with E-state index in [0.29, 0.717) is 30.0 Å². The summed E-state index contributed by atoms with van der Waals surface area (Å²) >= 11 is 0. The summed E-state index contributed by atoms with van der Waals surface area (Å²) in [5.41, 5.74) is 4.61. The van der Waals surface area contributed by atoms with Gasteiger partial charge in [0.05, 0.1) is 59.3 Å². The number of ether oxygens (including phenoxy) is 1. The van der Waals surface area contributed by atoms with E-state index in [1.165, 1.54) is 6.07 Å². The van der Waals surface area contributed by atoms with Gasteiger partial charge in [0.1, 0.15) is 5.82 Å². The number of amides is 1. The van der Waals surface area contributed by atoms with E-state index < -0.39 is 9.84 Å². The molecule has 2 aliphatic heterocycles. The Labute approximate surface area is 247 Å². The highest BCUT2D eigenvalue weighted by atomic mass is 32.2. The fourth-order valence-electron chi connectivity index (χ4n) is 5.87. The Morgan fingerprint density at radius 1 is 1.05 bits per heavy atom. The van der Waals surface area contributed by atoms with Crippen molar-refractivity contribution in [2.75, 3.05) is 44.5 Å². The molecule has 11 heteroatoms. The Hall–Kier alpha value is -3.93. The first-order valence-electron chi connectivity index (χ1n) is 13.9. The van der Waals surface area contributed by atoms with Gasteiger partial charge in [-0.1, -0.05) is 6.07 Å². The predicted molar refractivity (Wildman–Crippen MR) is 163 cm³/mol. The quantitative estimate of drug-likeness (QED) is 0.362. The minimum absolute atomic E-state index is 0. The van der Waals surface area contributed by atoms with Crippen molar-refractivity contribution in [2.45, 2.75) is 37.4 Å². The molecule has 2 saturated heterocycles. The lowest BCUT2D eigenvalue weighted by Gasteiger charge is -2.49. The van der Waals surface area contributed by atoms with Gasteiger partial charge in [-0.2, -0.15) is 0 Å². The largest absolute Gasteiger partial charge is 0.377 e. The molecule has 2 atom stereocenters. The summed E-state index contributed by atoms with van der Waals surface area (Å²) < 4.78 is 30.3. The molecule has 2 bridgehead atoms. The number of anilines is 1. The molecule has 0 radical (unpaired) electrons. The first-order valence-corrected chi connectivity index (χ1v) is 15.8. The van der Waals surface area contributed by atoms with Crippen molar-refractivity contribution in [1.29, 1.82) is 0 Å². The second-order valence-electron chi connectivity index (χ2n) is 11.3. The Morgan fingerprint density at radius 2 is 1.79 bits per heavy atom. The van der Waals surface area contributed by atoms with Crippen molar-refractivity contribution < 1.29 is 19.4 Å². The zero-order valence-electron chi connectivity index (χ0n) is 24.2. The maximum atomic E-state index is 12.9. The summed E-state index contributed by atoms with van der Waals surface area (Å²) in [6, 6.07) is 15.5. The van der Waals surface area contributed by atoms with Gasteiger partial charge in [-0.05, 0) is 74.5 Å². The van der Waals surface area contributed by atoms with Crippen LogP contribution >= 0.6 is 0 Å². The molecule has 0 aliphatic carbocycles. The lowest BCUT2D eigenvalue weighted by atomic mass is 10.0. The molecule has 0 spiro atoms. The summed E-state index contributed by atoms with van der Waals surface area (Å²) in [6.45, 7) is 6.96. The van der Waals surface area contributed by atoms with Crippen LogP contribution in [0.5, 0.6) is 0 Å². The molecular formula is C31H36N6O4S. The molecule has 42 heavy (non-hydrogen) atoms. The van der Waals surface area contributed by atoms with E-state index in [4.69, 9.17) is 14.7 Å². The monoisotopic (exact) mass is 588 g/mol. The number of likely N-dealkylation sites (N-methyl/N-ethyl adjacent to an activating group) is 1. The molecular weight excluding hydrogens is 552 g/mol. The van der Waals surface area contributed by atoms with E-state index in [0.717, 1.165) is 53.0 Å². The molecule has 0 saturated carbocycles. The van der Waals surface area contributed by atoms with Crippen LogP contribution in [0.2, 0.25) is 0 Å². The number of hydrogen-bond donors (Lipinski definition) is 1. The van der Waals surface area contributed by atoms with Gasteiger partial charge >= 0.3 is 0 Å². The smallest absolute Gasteiger partial charge is 0.251 e. The summed E-state index contributed by atoms with van der Waals surface area (Å²) in [5.74, 6) is 0.566. The van der Waals surface area contributed by atoms with Crippen molar-refractivity contribution in [3.8, 4) is 11.4 Å². The first-order chi connectivity index (χ1) is 20.1. The van der Waals surface area contributed by atoms with Gasteiger partial charge in [0.2, 0.25) is 0 Å². The molecule has 220 valence electrons. The highest BCUT2D eigenvalue weighted by molar-refractivity contribution is 7.90. The molecule has 1 amide bonds. The molecule has 6 rings (SSSR count). The zero-order chi connectivity index (χ0) is 29.6. The standard InChI is InChI=1S/C31H34N6O4S.H2/c1-19-10-22(11-29(20(19)2)42(4,39)40)31(38)33-14-23-12-28-21(13-32-23)8-9-27(34-28)26-6-5-7-30(35-26)37-24-15-36(3)16-25(37)18-41-17-24;/h5-13,24-25H,14-18H2,1-4H3,(H,33,38);1H. The number of aromatic nitrogens is 3. The second-order valence-corrected chi connectivity index (χ2v) is 13.3. The SMILES string of the molecule is Cc1cc(C(=O)NCc2cc3nc(-c4cccc(N5C6COCC5CN(C)C6)n4)ccc3cn2)cc(S(C)(=O)=O)c1C.[HH]. The number of hydrogen-bond acceptors (Lipinski definition) is 9. The van der Waals surface area contributed by atoms with E-state index in [1.807, 2.05) is 30.3 Å². The summed E-state index contributed by atoms with van der Waals surface area (Å²) in [6.07, 6.45) is 2.88. The molecule has 5 heterocycles.